The highest BCUT2D eigenvalue weighted by Gasteiger charge is 2.52. The SMILES string of the molecule is COc1cc(OC)cc(C(=O)N2CC3(CC(N4CCN(C)CC4)CO3)C2)c1. The Hall–Kier alpha value is -1.83. The number of methoxy groups -OCH3 is 2. The van der Waals surface area contributed by atoms with E-state index in [1.807, 2.05) is 4.90 Å². The molecule has 3 aliphatic rings. The van der Waals surface area contributed by atoms with Gasteiger partial charge in [0.2, 0.25) is 0 Å². The van der Waals surface area contributed by atoms with Crippen molar-refractivity contribution in [1.29, 1.82) is 0 Å². The molecule has 1 aromatic carbocycles. The van der Waals surface area contributed by atoms with Crippen molar-refractivity contribution in [3.63, 3.8) is 0 Å². The Morgan fingerprint density at radius 2 is 1.70 bits per heavy atom. The molecule has 0 saturated carbocycles. The molecule has 1 amide bonds. The smallest absolute Gasteiger partial charge is 0.254 e. The largest absolute Gasteiger partial charge is 0.497 e. The Bertz CT molecular complexity index is 674. The second-order valence-corrected chi connectivity index (χ2v) is 7.95. The third-order valence-corrected chi connectivity index (χ3v) is 6.09. The van der Waals surface area contributed by atoms with Gasteiger partial charge in [0.15, 0.2) is 0 Å². The van der Waals surface area contributed by atoms with Crippen LogP contribution in [-0.2, 0) is 4.74 Å². The van der Waals surface area contributed by atoms with Crippen LogP contribution in [0.25, 0.3) is 0 Å². The molecule has 0 radical (unpaired) electrons. The number of likely N-dealkylation sites (tertiary alicyclic amines) is 1. The zero-order valence-electron chi connectivity index (χ0n) is 16.4. The van der Waals surface area contributed by atoms with Gasteiger partial charge in [-0.15, -0.1) is 0 Å². The molecule has 3 fully saturated rings. The molecule has 3 saturated heterocycles. The number of hydrogen-bond donors (Lipinski definition) is 0. The van der Waals surface area contributed by atoms with E-state index in [-0.39, 0.29) is 11.5 Å². The molecule has 7 heteroatoms. The van der Waals surface area contributed by atoms with Crippen molar-refractivity contribution in [2.75, 3.05) is 67.1 Å². The molecule has 1 spiro atoms. The lowest BCUT2D eigenvalue weighted by molar-refractivity contribution is -0.0951. The lowest BCUT2D eigenvalue weighted by Crippen LogP contribution is -2.63. The molecular formula is C20H29N3O4. The molecule has 0 bridgehead atoms. The molecule has 0 aliphatic carbocycles. The zero-order chi connectivity index (χ0) is 19.0. The van der Waals surface area contributed by atoms with Crippen molar-refractivity contribution in [2.24, 2.45) is 0 Å². The normalized spacial score (nSPS) is 25.4. The van der Waals surface area contributed by atoms with Crippen LogP contribution in [0.15, 0.2) is 18.2 Å². The fourth-order valence-electron chi connectivity index (χ4n) is 4.37. The second-order valence-electron chi connectivity index (χ2n) is 7.95. The van der Waals surface area contributed by atoms with E-state index in [4.69, 9.17) is 14.2 Å². The van der Waals surface area contributed by atoms with Crippen LogP contribution in [0, 0.1) is 0 Å². The van der Waals surface area contributed by atoms with Crippen LogP contribution in [0.2, 0.25) is 0 Å². The summed E-state index contributed by atoms with van der Waals surface area (Å²) in [5, 5.41) is 0. The van der Waals surface area contributed by atoms with Gasteiger partial charge in [-0.05, 0) is 25.6 Å². The minimum atomic E-state index is -0.160. The van der Waals surface area contributed by atoms with Crippen LogP contribution in [0.3, 0.4) is 0 Å². The maximum absolute atomic E-state index is 12.9. The highest BCUT2D eigenvalue weighted by molar-refractivity contribution is 5.95. The Morgan fingerprint density at radius 3 is 2.30 bits per heavy atom. The van der Waals surface area contributed by atoms with Crippen molar-refractivity contribution >= 4 is 5.91 Å². The van der Waals surface area contributed by atoms with Gasteiger partial charge in [-0.3, -0.25) is 9.69 Å². The van der Waals surface area contributed by atoms with E-state index in [1.54, 1.807) is 32.4 Å². The van der Waals surface area contributed by atoms with Gasteiger partial charge in [0.25, 0.3) is 5.91 Å². The molecule has 1 aromatic rings. The Balaban J connectivity index is 1.36. The summed E-state index contributed by atoms with van der Waals surface area (Å²) in [4.78, 5) is 19.6. The first kappa shape index (κ1) is 18.5. The predicted octanol–water partition coefficient (Wildman–Crippen LogP) is 0.935. The summed E-state index contributed by atoms with van der Waals surface area (Å²) in [5.41, 5.74) is 0.432. The van der Waals surface area contributed by atoms with Crippen molar-refractivity contribution in [3.05, 3.63) is 23.8 Å². The summed E-state index contributed by atoms with van der Waals surface area (Å²) in [6.45, 7) is 6.54. The van der Waals surface area contributed by atoms with Crippen LogP contribution < -0.4 is 9.47 Å². The van der Waals surface area contributed by atoms with Gasteiger partial charge in [0.1, 0.15) is 17.1 Å². The molecule has 7 nitrogen and oxygen atoms in total. The molecule has 3 aliphatic heterocycles. The first-order valence-electron chi connectivity index (χ1n) is 9.61. The highest BCUT2D eigenvalue weighted by Crippen LogP contribution is 2.38. The van der Waals surface area contributed by atoms with Crippen molar-refractivity contribution in [2.45, 2.75) is 18.1 Å². The first-order valence-corrected chi connectivity index (χ1v) is 9.61. The maximum atomic E-state index is 12.9. The monoisotopic (exact) mass is 375 g/mol. The summed E-state index contributed by atoms with van der Waals surface area (Å²) in [7, 11) is 5.35. The molecule has 148 valence electrons. The van der Waals surface area contributed by atoms with E-state index in [0.29, 0.717) is 36.2 Å². The Morgan fingerprint density at radius 1 is 1.07 bits per heavy atom. The highest BCUT2D eigenvalue weighted by atomic mass is 16.5. The molecule has 1 unspecified atom stereocenters. The molecule has 4 rings (SSSR count). The number of carbonyl (C=O) groups is 1. The molecule has 3 heterocycles. The number of piperazine rings is 1. The molecule has 1 atom stereocenters. The third kappa shape index (κ3) is 3.63. The van der Waals surface area contributed by atoms with Gasteiger partial charge < -0.3 is 24.0 Å². The van der Waals surface area contributed by atoms with Gasteiger partial charge in [-0.1, -0.05) is 0 Å². The van der Waals surface area contributed by atoms with E-state index in [2.05, 4.69) is 16.8 Å². The minimum Gasteiger partial charge on any atom is -0.497 e. The zero-order valence-corrected chi connectivity index (χ0v) is 16.4. The average molecular weight is 375 g/mol. The van der Waals surface area contributed by atoms with Crippen LogP contribution in [0.4, 0.5) is 0 Å². The van der Waals surface area contributed by atoms with Gasteiger partial charge in [0, 0.05) is 43.9 Å². The number of hydrogen-bond acceptors (Lipinski definition) is 6. The average Bonchev–Trinajstić information content (AvgIpc) is 3.12. The summed E-state index contributed by atoms with van der Waals surface area (Å²) >= 11 is 0. The quantitative estimate of drug-likeness (QED) is 0.781. The van der Waals surface area contributed by atoms with Gasteiger partial charge in [-0.25, -0.2) is 0 Å². The van der Waals surface area contributed by atoms with E-state index < -0.39 is 0 Å². The van der Waals surface area contributed by atoms with Gasteiger partial charge in [0.05, 0.1) is 33.9 Å². The minimum absolute atomic E-state index is 0.00414. The maximum Gasteiger partial charge on any atom is 0.254 e. The topological polar surface area (TPSA) is 54.5 Å². The summed E-state index contributed by atoms with van der Waals surface area (Å²) in [6, 6.07) is 5.78. The van der Waals surface area contributed by atoms with Crippen molar-refractivity contribution in [3.8, 4) is 11.5 Å². The van der Waals surface area contributed by atoms with Crippen molar-refractivity contribution < 1.29 is 19.0 Å². The predicted molar refractivity (Wildman–Crippen MR) is 102 cm³/mol. The van der Waals surface area contributed by atoms with Crippen molar-refractivity contribution in [1.82, 2.24) is 14.7 Å². The number of likely N-dealkylation sites (N-methyl/N-ethyl adjacent to an activating group) is 1. The number of carbonyl (C=O) groups excluding carboxylic acids is 1. The summed E-state index contributed by atoms with van der Waals surface area (Å²) in [6.07, 6.45) is 1.02. The van der Waals surface area contributed by atoms with Gasteiger partial charge >= 0.3 is 0 Å². The lowest BCUT2D eigenvalue weighted by Gasteiger charge is -2.47. The van der Waals surface area contributed by atoms with Gasteiger partial charge in [-0.2, -0.15) is 0 Å². The fraction of sp³-hybridized carbons (Fsp3) is 0.650. The first-order chi connectivity index (χ1) is 13.0. The van der Waals surface area contributed by atoms with E-state index >= 15 is 0 Å². The van der Waals surface area contributed by atoms with E-state index in [9.17, 15) is 4.79 Å². The lowest BCUT2D eigenvalue weighted by atomic mass is 9.88. The number of amides is 1. The van der Waals surface area contributed by atoms with Crippen LogP contribution in [0.5, 0.6) is 11.5 Å². The number of benzene rings is 1. The fourth-order valence-corrected chi connectivity index (χ4v) is 4.37. The summed E-state index contributed by atoms with van der Waals surface area (Å²) < 4.78 is 16.7. The third-order valence-electron chi connectivity index (χ3n) is 6.09. The molecule has 0 aromatic heterocycles. The Kier molecular flexibility index (Phi) is 5.01. The number of nitrogens with zero attached hydrogens (tertiary/aromatic N) is 3. The number of rotatable bonds is 4. The van der Waals surface area contributed by atoms with Crippen LogP contribution in [-0.4, -0.2) is 99.4 Å². The van der Waals surface area contributed by atoms with Crippen LogP contribution >= 0.6 is 0 Å². The van der Waals surface area contributed by atoms with E-state index in [0.717, 1.165) is 39.2 Å². The van der Waals surface area contributed by atoms with Crippen LogP contribution in [0.1, 0.15) is 16.8 Å². The molecule has 0 N–H and O–H groups in total. The standard InChI is InChI=1S/C20H29N3O4/c1-21-4-6-22(7-5-21)16-11-20(27-12-16)13-23(14-20)19(24)15-8-17(25-2)10-18(9-15)26-3/h8-10,16H,4-7,11-14H2,1-3H3. The second kappa shape index (κ2) is 7.30. The summed E-state index contributed by atoms with van der Waals surface area (Å²) in [5.74, 6) is 1.25. The Labute approximate surface area is 160 Å². The molecule has 27 heavy (non-hydrogen) atoms. The molecular weight excluding hydrogens is 346 g/mol. The van der Waals surface area contributed by atoms with E-state index in [1.165, 1.54) is 0 Å². The number of ether oxygens (including phenoxy) is 3.